The zero-order chi connectivity index (χ0) is 13.8. The zero-order valence-corrected chi connectivity index (χ0v) is 11.8. The minimum Gasteiger partial charge on any atom is -0.377 e. The fourth-order valence-corrected chi connectivity index (χ4v) is 2.44. The van der Waals surface area contributed by atoms with Gasteiger partial charge in [0, 0.05) is 12.6 Å². The lowest BCUT2D eigenvalue weighted by molar-refractivity contribution is -0.122. The third-order valence-electron chi connectivity index (χ3n) is 3.92. The van der Waals surface area contributed by atoms with E-state index in [1.807, 2.05) is 0 Å². The average Bonchev–Trinajstić information content (AvgIpc) is 2.70. The molecule has 18 heavy (non-hydrogen) atoms. The lowest BCUT2D eigenvalue weighted by atomic mass is 9.95. The fourth-order valence-electron chi connectivity index (χ4n) is 2.44. The maximum atomic E-state index is 11.1. The number of carbonyl (C=O) groups is 1. The van der Waals surface area contributed by atoms with E-state index in [9.17, 15) is 4.79 Å². The number of hydrogen-bond acceptors (Lipinski definition) is 4. The molecule has 3 unspecified atom stereocenters. The van der Waals surface area contributed by atoms with Crippen molar-refractivity contribution < 1.29 is 9.53 Å². The van der Waals surface area contributed by atoms with Crippen LogP contribution >= 0.6 is 0 Å². The van der Waals surface area contributed by atoms with Gasteiger partial charge in [-0.1, -0.05) is 0 Å². The van der Waals surface area contributed by atoms with E-state index in [0.717, 1.165) is 32.4 Å². The van der Waals surface area contributed by atoms with E-state index in [4.69, 9.17) is 16.2 Å². The van der Waals surface area contributed by atoms with E-state index in [-0.39, 0.29) is 0 Å². The normalized spacial score (nSPS) is 27.4. The summed E-state index contributed by atoms with van der Waals surface area (Å²) in [6.07, 6.45) is 4.02. The first kappa shape index (κ1) is 15.4. The number of primary amides is 1. The number of likely N-dealkylation sites (N-methyl/N-ethyl adjacent to an activating group) is 1. The SMILES string of the molecule is CC1OCCC1N(C)CCCCC(C)(N)C(N)=O. The highest BCUT2D eigenvalue weighted by Gasteiger charge is 2.28. The molecule has 106 valence electrons. The Kier molecular flexibility index (Phi) is 5.56. The van der Waals surface area contributed by atoms with Crippen molar-refractivity contribution >= 4 is 5.91 Å². The summed E-state index contributed by atoms with van der Waals surface area (Å²) in [6, 6.07) is 0.519. The predicted molar refractivity (Wildman–Crippen MR) is 72.1 cm³/mol. The highest BCUT2D eigenvalue weighted by atomic mass is 16.5. The topological polar surface area (TPSA) is 81.6 Å². The molecule has 0 aromatic heterocycles. The Morgan fingerprint density at radius 2 is 2.17 bits per heavy atom. The molecule has 5 heteroatoms. The molecule has 3 atom stereocenters. The van der Waals surface area contributed by atoms with Crippen LogP contribution in [0.4, 0.5) is 0 Å². The molecule has 0 aromatic carbocycles. The van der Waals surface area contributed by atoms with Crippen LogP contribution in [-0.2, 0) is 9.53 Å². The molecule has 0 bridgehead atoms. The second-order valence-electron chi connectivity index (χ2n) is 5.65. The van der Waals surface area contributed by atoms with Gasteiger partial charge in [-0.3, -0.25) is 4.79 Å². The second-order valence-corrected chi connectivity index (χ2v) is 5.65. The summed E-state index contributed by atoms with van der Waals surface area (Å²) >= 11 is 0. The van der Waals surface area contributed by atoms with E-state index in [1.54, 1.807) is 6.92 Å². The van der Waals surface area contributed by atoms with Crippen molar-refractivity contribution in [2.24, 2.45) is 11.5 Å². The molecule has 0 spiro atoms. The van der Waals surface area contributed by atoms with E-state index < -0.39 is 11.4 Å². The van der Waals surface area contributed by atoms with E-state index in [1.165, 1.54) is 0 Å². The first-order valence-corrected chi connectivity index (χ1v) is 6.75. The highest BCUT2D eigenvalue weighted by Crippen LogP contribution is 2.19. The van der Waals surface area contributed by atoms with Crippen LogP contribution < -0.4 is 11.5 Å². The Bertz CT molecular complexity index is 281. The summed E-state index contributed by atoms with van der Waals surface area (Å²) in [7, 11) is 2.13. The van der Waals surface area contributed by atoms with Crippen LogP contribution in [0.2, 0.25) is 0 Å². The van der Waals surface area contributed by atoms with Crippen molar-refractivity contribution in [3.8, 4) is 0 Å². The molecule has 4 N–H and O–H groups in total. The van der Waals surface area contributed by atoms with Gasteiger partial charge in [-0.2, -0.15) is 0 Å². The van der Waals surface area contributed by atoms with Crippen LogP contribution in [0.15, 0.2) is 0 Å². The maximum absolute atomic E-state index is 11.1. The molecule has 5 nitrogen and oxygen atoms in total. The van der Waals surface area contributed by atoms with Crippen molar-refractivity contribution in [1.82, 2.24) is 4.90 Å². The molecule has 1 aliphatic heterocycles. The molecule has 1 saturated heterocycles. The predicted octanol–water partition coefficient (Wildman–Crippen LogP) is 0.469. The van der Waals surface area contributed by atoms with E-state index in [0.29, 0.717) is 18.6 Å². The molecule has 1 amide bonds. The van der Waals surface area contributed by atoms with Gasteiger partial charge in [0.25, 0.3) is 0 Å². The first-order valence-electron chi connectivity index (χ1n) is 6.75. The molecule has 1 fully saturated rings. The number of rotatable bonds is 7. The van der Waals surface area contributed by atoms with E-state index >= 15 is 0 Å². The lowest BCUT2D eigenvalue weighted by Crippen LogP contribution is -2.49. The van der Waals surface area contributed by atoms with Crippen molar-refractivity contribution in [2.45, 2.75) is 57.2 Å². The van der Waals surface area contributed by atoms with Gasteiger partial charge in [0.15, 0.2) is 0 Å². The van der Waals surface area contributed by atoms with Crippen LogP contribution in [0.25, 0.3) is 0 Å². The summed E-state index contributed by atoms with van der Waals surface area (Å²) in [4.78, 5) is 13.4. The van der Waals surface area contributed by atoms with Gasteiger partial charge in [0.1, 0.15) is 0 Å². The Morgan fingerprint density at radius 1 is 1.50 bits per heavy atom. The molecular weight excluding hydrogens is 230 g/mol. The van der Waals surface area contributed by atoms with Gasteiger partial charge in [-0.25, -0.2) is 0 Å². The van der Waals surface area contributed by atoms with Gasteiger partial charge in [-0.05, 0) is 53.1 Å². The summed E-state index contributed by atoms with van der Waals surface area (Å²) < 4.78 is 5.56. The molecule has 0 aromatic rings. The summed E-state index contributed by atoms with van der Waals surface area (Å²) in [5.74, 6) is -0.423. The monoisotopic (exact) mass is 257 g/mol. The maximum Gasteiger partial charge on any atom is 0.237 e. The van der Waals surface area contributed by atoms with Crippen molar-refractivity contribution in [2.75, 3.05) is 20.2 Å². The van der Waals surface area contributed by atoms with Crippen LogP contribution in [0.1, 0.15) is 39.5 Å². The number of unbranched alkanes of at least 4 members (excludes halogenated alkanes) is 1. The number of hydrogen-bond donors (Lipinski definition) is 2. The highest BCUT2D eigenvalue weighted by molar-refractivity contribution is 5.83. The zero-order valence-electron chi connectivity index (χ0n) is 11.8. The Hall–Kier alpha value is -0.650. The van der Waals surface area contributed by atoms with Crippen LogP contribution in [0, 0.1) is 0 Å². The van der Waals surface area contributed by atoms with Crippen LogP contribution in [0.3, 0.4) is 0 Å². The van der Waals surface area contributed by atoms with Gasteiger partial charge in [0.2, 0.25) is 5.91 Å². The van der Waals surface area contributed by atoms with Gasteiger partial charge >= 0.3 is 0 Å². The molecular formula is C13H27N3O2. The number of carbonyl (C=O) groups excluding carboxylic acids is 1. The fraction of sp³-hybridized carbons (Fsp3) is 0.923. The summed E-state index contributed by atoms with van der Waals surface area (Å²) in [5, 5.41) is 0. The Labute approximate surface area is 110 Å². The molecule has 1 rings (SSSR count). The quantitative estimate of drug-likeness (QED) is 0.650. The number of nitrogens with zero attached hydrogens (tertiary/aromatic N) is 1. The third-order valence-corrected chi connectivity index (χ3v) is 3.92. The minimum atomic E-state index is -0.873. The van der Waals surface area contributed by atoms with Gasteiger partial charge in [0.05, 0.1) is 11.6 Å². The van der Waals surface area contributed by atoms with Gasteiger partial charge in [-0.15, -0.1) is 0 Å². The molecule has 1 heterocycles. The standard InChI is InChI=1S/C13H27N3O2/c1-10-11(6-9-18-10)16(3)8-5-4-7-13(2,15)12(14)17/h10-11H,4-9,15H2,1-3H3,(H2,14,17). The van der Waals surface area contributed by atoms with Crippen LogP contribution in [0.5, 0.6) is 0 Å². The third kappa shape index (κ3) is 4.23. The van der Waals surface area contributed by atoms with Crippen molar-refractivity contribution in [3.05, 3.63) is 0 Å². The van der Waals surface area contributed by atoms with Crippen molar-refractivity contribution in [3.63, 3.8) is 0 Å². The number of amides is 1. The van der Waals surface area contributed by atoms with Crippen molar-refractivity contribution in [1.29, 1.82) is 0 Å². The molecule has 0 saturated carbocycles. The molecule has 1 aliphatic rings. The largest absolute Gasteiger partial charge is 0.377 e. The first-order chi connectivity index (χ1) is 8.34. The smallest absolute Gasteiger partial charge is 0.237 e. The minimum absolute atomic E-state index is 0.320. The van der Waals surface area contributed by atoms with Gasteiger partial charge < -0.3 is 21.1 Å². The lowest BCUT2D eigenvalue weighted by Gasteiger charge is -2.27. The Morgan fingerprint density at radius 3 is 2.67 bits per heavy atom. The molecule has 0 aliphatic carbocycles. The second kappa shape index (κ2) is 6.50. The average molecular weight is 257 g/mol. The number of nitrogens with two attached hydrogens (primary N) is 2. The van der Waals surface area contributed by atoms with E-state index in [2.05, 4.69) is 18.9 Å². The Balaban J connectivity index is 2.20. The summed E-state index contributed by atoms with van der Waals surface area (Å²) in [5.41, 5.74) is 10.2. The number of ether oxygens (including phenoxy) is 1. The van der Waals surface area contributed by atoms with Crippen LogP contribution in [-0.4, -0.2) is 48.7 Å². The molecule has 0 radical (unpaired) electrons. The summed E-state index contributed by atoms with van der Waals surface area (Å²) in [6.45, 7) is 5.69.